The van der Waals surface area contributed by atoms with E-state index in [2.05, 4.69) is 4.98 Å². The number of benzene rings is 1. The molecule has 0 N–H and O–H groups in total. The summed E-state index contributed by atoms with van der Waals surface area (Å²) in [6.45, 7) is 3.45. The van der Waals surface area contributed by atoms with Crippen molar-refractivity contribution in [2.75, 3.05) is 33.3 Å². The lowest BCUT2D eigenvalue weighted by atomic mass is 10.1. The molecule has 0 aliphatic carbocycles. The number of carbonyl (C=O) groups is 2. The highest BCUT2D eigenvalue weighted by Gasteiger charge is 2.22. The highest BCUT2D eigenvalue weighted by atomic mass is 16.5. The Morgan fingerprint density at radius 3 is 2.26 bits per heavy atom. The van der Waals surface area contributed by atoms with Crippen molar-refractivity contribution >= 4 is 11.8 Å². The smallest absolute Gasteiger partial charge is 0.254 e. The fraction of sp³-hybridized carbons (Fsp3) is 0.368. The monoisotopic (exact) mass is 370 g/mol. The van der Waals surface area contributed by atoms with Gasteiger partial charge in [0, 0.05) is 44.7 Å². The van der Waals surface area contributed by atoms with Crippen molar-refractivity contribution in [1.29, 1.82) is 0 Å². The molecule has 2 aromatic rings. The third kappa shape index (κ3) is 4.33. The Morgan fingerprint density at radius 2 is 1.70 bits per heavy atom. The maximum atomic E-state index is 12.4. The van der Waals surface area contributed by atoms with Crippen molar-refractivity contribution in [1.82, 2.24) is 19.4 Å². The molecule has 0 radical (unpaired) electrons. The number of hydrogen-bond donors (Lipinski definition) is 0. The van der Waals surface area contributed by atoms with Crippen molar-refractivity contribution in [3.63, 3.8) is 0 Å². The molecule has 27 heavy (non-hydrogen) atoms. The molecule has 1 saturated heterocycles. The number of methoxy groups -OCH3 is 1. The molecule has 1 aromatic heterocycles. The summed E-state index contributed by atoms with van der Waals surface area (Å²) in [6, 6.07) is 8.66. The van der Waals surface area contributed by atoms with E-state index in [9.17, 15) is 14.4 Å². The average molecular weight is 370 g/mol. The molecule has 1 aliphatic rings. The van der Waals surface area contributed by atoms with Gasteiger partial charge in [-0.25, -0.2) is 4.98 Å². The summed E-state index contributed by atoms with van der Waals surface area (Å²) >= 11 is 0. The largest absolute Gasteiger partial charge is 0.497 e. The summed E-state index contributed by atoms with van der Waals surface area (Å²) in [5.74, 6) is 0.582. The van der Waals surface area contributed by atoms with Gasteiger partial charge in [-0.2, -0.15) is 0 Å². The van der Waals surface area contributed by atoms with Crippen LogP contribution in [0.5, 0.6) is 5.75 Å². The zero-order valence-corrected chi connectivity index (χ0v) is 15.4. The first-order valence-corrected chi connectivity index (χ1v) is 8.72. The van der Waals surface area contributed by atoms with Gasteiger partial charge in [0.05, 0.1) is 19.1 Å². The van der Waals surface area contributed by atoms with Crippen LogP contribution in [0.15, 0.2) is 41.5 Å². The van der Waals surface area contributed by atoms with Crippen molar-refractivity contribution in [3.8, 4) is 17.0 Å². The molecular weight excluding hydrogens is 348 g/mol. The molecule has 0 spiro atoms. The molecule has 0 atom stereocenters. The molecule has 8 nitrogen and oxygen atoms in total. The number of aromatic nitrogens is 2. The van der Waals surface area contributed by atoms with Crippen LogP contribution in [0.3, 0.4) is 0 Å². The Hall–Kier alpha value is -3.16. The molecule has 2 heterocycles. The van der Waals surface area contributed by atoms with E-state index >= 15 is 0 Å². The molecular formula is C19H22N4O4. The predicted octanol–water partition coefficient (Wildman–Crippen LogP) is 0.610. The zero-order chi connectivity index (χ0) is 19.4. The van der Waals surface area contributed by atoms with E-state index in [0.29, 0.717) is 31.9 Å². The first-order valence-electron chi connectivity index (χ1n) is 8.72. The summed E-state index contributed by atoms with van der Waals surface area (Å²) in [7, 11) is 1.59. The first kappa shape index (κ1) is 18.6. The minimum atomic E-state index is -0.286. The Bertz CT molecular complexity index is 883. The van der Waals surface area contributed by atoms with E-state index in [1.165, 1.54) is 23.9 Å². The van der Waals surface area contributed by atoms with E-state index < -0.39 is 0 Å². The van der Waals surface area contributed by atoms with Gasteiger partial charge in [-0.05, 0) is 24.3 Å². The Kier molecular flexibility index (Phi) is 5.54. The van der Waals surface area contributed by atoms with Crippen molar-refractivity contribution in [2.24, 2.45) is 0 Å². The Labute approximate surface area is 157 Å². The normalized spacial score (nSPS) is 14.1. The maximum absolute atomic E-state index is 12.4. The summed E-state index contributed by atoms with van der Waals surface area (Å²) in [5.41, 5.74) is 1.06. The van der Waals surface area contributed by atoms with Gasteiger partial charge in [-0.3, -0.25) is 19.0 Å². The Morgan fingerprint density at radius 1 is 1.07 bits per heavy atom. The second kappa shape index (κ2) is 8.03. The fourth-order valence-corrected chi connectivity index (χ4v) is 2.98. The van der Waals surface area contributed by atoms with E-state index in [-0.39, 0.29) is 23.9 Å². The molecule has 1 aliphatic heterocycles. The van der Waals surface area contributed by atoms with Crippen molar-refractivity contribution in [2.45, 2.75) is 13.5 Å². The predicted molar refractivity (Wildman–Crippen MR) is 99.3 cm³/mol. The highest BCUT2D eigenvalue weighted by Crippen LogP contribution is 2.19. The van der Waals surface area contributed by atoms with E-state index in [4.69, 9.17) is 4.74 Å². The summed E-state index contributed by atoms with van der Waals surface area (Å²) in [6.07, 6.45) is 1.39. The SMILES string of the molecule is COc1ccc(-c2cc(=O)n(CC(=O)N3CCN(C(C)=O)CC3)cn2)cc1. The van der Waals surface area contributed by atoms with Crippen LogP contribution < -0.4 is 10.3 Å². The molecule has 8 heteroatoms. The lowest BCUT2D eigenvalue weighted by Gasteiger charge is -2.34. The summed E-state index contributed by atoms with van der Waals surface area (Å²) in [4.78, 5) is 43.8. The van der Waals surface area contributed by atoms with Gasteiger partial charge >= 0.3 is 0 Å². The van der Waals surface area contributed by atoms with E-state index in [1.807, 2.05) is 12.1 Å². The number of amides is 2. The minimum absolute atomic E-state index is 0.0108. The van der Waals surface area contributed by atoms with Gasteiger partial charge in [0.1, 0.15) is 12.3 Å². The molecule has 3 rings (SSSR count). The Balaban J connectivity index is 1.66. The lowest BCUT2D eigenvalue weighted by molar-refractivity contribution is -0.138. The van der Waals surface area contributed by atoms with Crippen LogP contribution in [0.1, 0.15) is 6.92 Å². The van der Waals surface area contributed by atoms with Gasteiger partial charge in [-0.1, -0.05) is 0 Å². The summed E-state index contributed by atoms with van der Waals surface area (Å²) < 4.78 is 6.42. The van der Waals surface area contributed by atoms with Crippen LogP contribution in [0.2, 0.25) is 0 Å². The van der Waals surface area contributed by atoms with Crippen LogP contribution in [0, 0.1) is 0 Å². The van der Waals surface area contributed by atoms with Gasteiger partial charge in [0.2, 0.25) is 11.8 Å². The van der Waals surface area contributed by atoms with Crippen molar-refractivity contribution < 1.29 is 14.3 Å². The van der Waals surface area contributed by atoms with E-state index in [1.54, 1.807) is 29.0 Å². The topological polar surface area (TPSA) is 84.7 Å². The van der Waals surface area contributed by atoms with Gasteiger partial charge in [0.15, 0.2) is 0 Å². The zero-order valence-electron chi connectivity index (χ0n) is 15.4. The molecule has 0 bridgehead atoms. The number of nitrogens with zero attached hydrogens (tertiary/aromatic N) is 4. The van der Waals surface area contributed by atoms with E-state index in [0.717, 1.165) is 11.3 Å². The standard InChI is InChI=1S/C19H22N4O4/c1-14(24)21-7-9-22(10-8-21)19(26)12-23-13-20-17(11-18(23)25)15-3-5-16(27-2)6-4-15/h3-6,11,13H,7-10,12H2,1-2H3. The number of rotatable bonds is 4. The number of carbonyl (C=O) groups excluding carboxylic acids is 2. The number of piperazine rings is 1. The molecule has 2 amide bonds. The van der Waals surface area contributed by atoms with Gasteiger partial charge in [0.25, 0.3) is 5.56 Å². The first-order chi connectivity index (χ1) is 13.0. The van der Waals surface area contributed by atoms with Crippen LogP contribution >= 0.6 is 0 Å². The maximum Gasteiger partial charge on any atom is 0.254 e. The second-order valence-electron chi connectivity index (χ2n) is 6.36. The molecule has 1 fully saturated rings. The van der Waals surface area contributed by atoms with Crippen LogP contribution in [-0.4, -0.2) is 64.5 Å². The second-order valence-corrected chi connectivity index (χ2v) is 6.36. The van der Waals surface area contributed by atoms with Crippen molar-refractivity contribution in [3.05, 3.63) is 47.0 Å². The molecule has 1 aromatic carbocycles. The average Bonchev–Trinajstić information content (AvgIpc) is 2.69. The number of ether oxygens (including phenoxy) is 1. The lowest BCUT2D eigenvalue weighted by Crippen LogP contribution is -2.51. The van der Waals surface area contributed by atoms with Gasteiger partial charge in [-0.15, -0.1) is 0 Å². The van der Waals surface area contributed by atoms with Crippen LogP contribution in [0.25, 0.3) is 11.3 Å². The fourth-order valence-electron chi connectivity index (χ4n) is 2.98. The molecule has 0 saturated carbocycles. The highest BCUT2D eigenvalue weighted by molar-refractivity contribution is 5.77. The third-order valence-corrected chi connectivity index (χ3v) is 4.65. The van der Waals surface area contributed by atoms with Crippen LogP contribution in [-0.2, 0) is 16.1 Å². The van der Waals surface area contributed by atoms with Gasteiger partial charge < -0.3 is 14.5 Å². The van der Waals surface area contributed by atoms with Crippen LogP contribution in [0.4, 0.5) is 0 Å². The third-order valence-electron chi connectivity index (χ3n) is 4.65. The summed E-state index contributed by atoms with van der Waals surface area (Å²) in [5, 5.41) is 0. The molecule has 142 valence electrons. The number of hydrogen-bond acceptors (Lipinski definition) is 5. The molecule has 0 unspecified atom stereocenters. The minimum Gasteiger partial charge on any atom is -0.497 e. The quantitative estimate of drug-likeness (QED) is 0.787.